The normalized spacial score (nSPS) is 10.3. The molecule has 0 atom stereocenters. The topological polar surface area (TPSA) is 52.4 Å². The van der Waals surface area contributed by atoms with Crippen molar-refractivity contribution >= 4 is 44.6 Å². The van der Waals surface area contributed by atoms with Crippen molar-refractivity contribution in [2.24, 2.45) is 0 Å². The summed E-state index contributed by atoms with van der Waals surface area (Å²) in [5, 5.41) is 11.2. The summed E-state index contributed by atoms with van der Waals surface area (Å²) in [6, 6.07) is 8.15. The molecule has 0 amide bonds. The zero-order chi connectivity index (χ0) is 13.1. The quantitative estimate of drug-likeness (QED) is 0.597. The minimum atomic E-state index is -0.508. The predicted molar refractivity (Wildman–Crippen MR) is 74.5 cm³/mol. The van der Waals surface area contributed by atoms with Gasteiger partial charge in [-0.05, 0) is 40.2 Å². The maximum Gasteiger partial charge on any atom is 0.312 e. The van der Waals surface area contributed by atoms with Crippen LogP contribution < -0.4 is 4.74 Å². The lowest BCUT2D eigenvalue weighted by molar-refractivity contribution is -0.385. The first-order chi connectivity index (χ1) is 8.56. The summed E-state index contributed by atoms with van der Waals surface area (Å²) in [4.78, 5) is 11.3. The van der Waals surface area contributed by atoms with Crippen LogP contribution in [0, 0.1) is 10.1 Å². The van der Waals surface area contributed by atoms with Gasteiger partial charge in [0.1, 0.15) is 6.61 Å². The third-order valence-electron chi connectivity index (χ3n) is 2.12. The van der Waals surface area contributed by atoms with Crippen LogP contribution in [0.5, 0.6) is 5.75 Å². The molecule has 4 nitrogen and oxygen atoms in total. The van der Waals surface area contributed by atoms with E-state index in [9.17, 15) is 10.1 Å². The highest BCUT2D eigenvalue weighted by Crippen LogP contribution is 2.31. The van der Waals surface area contributed by atoms with Crippen molar-refractivity contribution in [3.05, 3.63) is 54.1 Å². The SMILES string of the molecule is O=[N+]([O-])c1cc(Cl)ccc1OCc1ccc(Br)s1. The Labute approximate surface area is 120 Å². The Hall–Kier alpha value is -1.11. The van der Waals surface area contributed by atoms with Crippen LogP contribution in [0.25, 0.3) is 0 Å². The molecule has 94 valence electrons. The standard InChI is InChI=1S/C11H7BrClNO3S/c12-11-4-2-8(18-11)6-17-10-3-1-7(13)5-9(10)14(15)16/h1-5H,6H2. The fraction of sp³-hybridized carbons (Fsp3) is 0.0909. The van der Waals surface area contributed by atoms with E-state index in [0.717, 1.165) is 8.66 Å². The summed E-state index contributed by atoms with van der Waals surface area (Å²) in [5.74, 6) is 0.217. The summed E-state index contributed by atoms with van der Waals surface area (Å²) >= 11 is 10.6. The minimum absolute atomic E-state index is 0.127. The lowest BCUT2D eigenvalue weighted by Crippen LogP contribution is -1.97. The maximum absolute atomic E-state index is 10.9. The van der Waals surface area contributed by atoms with Crippen molar-refractivity contribution in [3.8, 4) is 5.75 Å². The Balaban J connectivity index is 2.16. The molecule has 0 radical (unpaired) electrons. The molecule has 0 spiro atoms. The lowest BCUT2D eigenvalue weighted by Gasteiger charge is -2.05. The molecule has 7 heteroatoms. The zero-order valence-corrected chi connectivity index (χ0v) is 12.1. The predicted octanol–water partition coefficient (Wildman–Crippen LogP) is 4.65. The van der Waals surface area contributed by atoms with Crippen molar-refractivity contribution in [1.29, 1.82) is 0 Å². The average Bonchev–Trinajstić information content (AvgIpc) is 2.73. The molecule has 1 aromatic heterocycles. The van der Waals surface area contributed by atoms with Gasteiger partial charge in [-0.25, -0.2) is 0 Å². The molecule has 0 fully saturated rings. The summed E-state index contributed by atoms with van der Waals surface area (Å²) in [6.45, 7) is 0.290. The van der Waals surface area contributed by atoms with E-state index >= 15 is 0 Å². The summed E-state index contributed by atoms with van der Waals surface area (Å²) in [7, 11) is 0. The van der Waals surface area contributed by atoms with Crippen LogP contribution in [0.4, 0.5) is 5.69 Å². The van der Waals surface area contributed by atoms with Gasteiger partial charge in [-0.15, -0.1) is 11.3 Å². The molecular weight excluding hydrogens is 342 g/mol. The molecule has 0 saturated heterocycles. The lowest BCUT2D eigenvalue weighted by atomic mass is 10.3. The largest absolute Gasteiger partial charge is 0.481 e. The minimum Gasteiger partial charge on any atom is -0.481 e. The van der Waals surface area contributed by atoms with Crippen LogP contribution in [-0.2, 0) is 6.61 Å². The Morgan fingerprint density at radius 3 is 2.78 bits per heavy atom. The number of benzene rings is 1. The fourth-order valence-electron chi connectivity index (χ4n) is 1.33. The van der Waals surface area contributed by atoms with E-state index in [1.165, 1.54) is 23.5 Å². The summed E-state index contributed by atoms with van der Waals surface area (Å²) in [5.41, 5.74) is -0.127. The molecule has 0 aliphatic rings. The van der Waals surface area contributed by atoms with E-state index in [0.29, 0.717) is 11.6 Å². The van der Waals surface area contributed by atoms with Crippen LogP contribution in [0.15, 0.2) is 34.1 Å². The Morgan fingerprint density at radius 1 is 1.39 bits per heavy atom. The number of hydrogen-bond donors (Lipinski definition) is 0. The van der Waals surface area contributed by atoms with Gasteiger partial charge in [0, 0.05) is 16.0 Å². The van der Waals surface area contributed by atoms with Gasteiger partial charge < -0.3 is 4.74 Å². The van der Waals surface area contributed by atoms with Gasteiger partial charge in [-0.2, -0.15) is 0 Å². The monoisotopic (exact) mass is 347 g/mol. The van der Waals surface area contributed by atoms with E-state index in [-0.39, 0.29) is 11.4 Å². The van der Waals surface area contributed by atoms with Crippen LogP contribution >= 0.6 is 38.9 Å². The number of halogens is 2. The van der Waals surface area contributed by atoms with E-state index < -0.39 is 4.92 Å². The van der Waals surface area contributed by atoms with Crippen LogP contribution in [0.2, 0.25) is 5.02 Å². The molecule has 2 aromatic rings. The molecule has 0 bridgehead atoms. The molecule has 18 heavy (non-hydrogen) atoms. The Kier molecular flexibility index (Phi) is 4.21. The summed E-state index contributed by atoms with van der Waals surface area (Å²) in [6.07, 6.45) is 0. The van der Waals surface area contributed by atoms with Gasteiger partial charge >= 0.3 is 5.69 Å². The van der Waals surface area contributed by atoms with Crippen molar-refractivity contribution in [2.45, 2.75) is 6.61 Å². The zero-order valence-electron chi connectivity index (χ0n) is 8.93. The van der Waals surface area contributed by atoms with Crippen molar-refractivity contribution in [2.75, 3.05) is 0 Å². The molecule has 2 rings (SSSR count). The smallest absolute Gasteiger partial charge is 0.312 e. The van der Waals surface area contributed by atoms with E-state index in [1.807, 2.05) is 12.1 Å². The highest BCUT2D eigenvalue weighted by molar-refractivity contribution is 9.11. The highest BCUT2D eigenvalue weighted by Gasteiger charge is 2.15. The van der Waals surface area contributed by atoms with Gasteiger partial charge in [0.25, 0.3) is 0 Å². The Morgan fingerprint density at radius 2 is 2.17 bits per heavy atom. The number of nitro benzene ring substituents is 1. The molecule has 0 unspecified atom stereocenters. The maximum atomic E-state index is 10.9. The van der Waals surface area contributed by atoms with E-state index in [2.05, 4.69) is 15.9 Å². The van der Waals surface area contributed by atoms with Crippen molar-refractivity contribution < 1.29 is 9.66 Å². The van der Waals surface area contributed by atoms with Gasteiger partial charge in [0.15, 0.2) is 5.75 Å². The van der Waals surface area contributed by atoms with Gasteiger partial charge in [0.2, 0.25) is 0 Å². The summed E-state index contributed by atoms with van der Waals surface area (Å²) < 4.78 is 6.43. The molecular formula is C11H7BrClNO3S. The molecule has 0 aliphatic carbocycles. The van der Waals surface area contributed by atoms with Crippen molar-refractivity contribution in [1.82, 2.24) is 0 Å². The second-order valence-corrected chi connectivity index (χ2v) is 6.35. The van der Waals surface area contributed by atoms with Crippen molar-refractivity contribution in [3.63, 3.8) is 0 Å². The van der Waals surface area contributed by atoms with Gasteiger partial charge in [-0.3, -0.25) is 10.1 Å². The first kappa shape index (κ1) is 13.3. The first-order valence-corrected chi connectivity index (χ1v) is 6.86. The number of thiophene rings is 1. The number of nitrogens with zero attached hydrogens (tertiary/aromatic N) is 1. The van der Waals surface area contributed by atoms with Crippen LogP contribution in [-0.4, -0.2) is 4.92 Å². The molecule has 1 heterocycles. The van der Waals surface area contributed by atoms with Crippen LogP contribution in [0.1, 0.15) is 4.88 Å². The molecule has 0 N–H and O–H groups in total. The third-order valence-corrected chi connectivity index (χ3v) is 3.95. The Bertz CT molecular complexity index is 587. The molecule has 0 saturated carbocycles. The number of nitro groups is 1. The molecule has 1 aromatic carbocycles. The first-order valence-electron chi connectivity index (χ1n) is 4.87. The second-order valence-electron chi connectivity index (χ2n) is 3.36. The van der Waals surface area contributed by atoms with Gasteiger partial charge in [0.05, 0.1) is 8.71 Å². The van der Waals surface area contributed by atoms with E-state index in [4.69, 9.17) is 16.3 Å². The van der Waals surface area contributed by atoms with E-state index in [1.54, 1.807) is 6.07 Å². The third kappa shape index (κ3) is 3.22. The van der Waals surface area contributed by atoms with Gasteiger partial charge in [-0.1, -0.05) is 11.6 Å². The number of hydrogen-bond acceptors (Lipinski definition) is 4. The highest BCUT2D eigenvalue weighted by atomic mass is 79.9. The average molecular weight is 349 g/mol. The van der Waals surface area contributed by atoms with Crippen LogP contribution in [0.3, 0.4) is 0 Å². The second kappa shape index (κ2) is 5.69. The molecule has 0 aliphatic heterocycles. The number of rotatable bonds is 4. The fourth-order valence-corrected chi connectivity index (χ4v) is 2.90. The number of ether oxygens (including phenoxy) is 1.